The minimum absolute atomic E-state index is 0.00961. The molecule has 7 heteroatoms. The average Bonchev–Trinajstić information content (AvgIpc) is 3.47. The van der Waals surface area contributed by atoms with E-state index in [-0.39, 0.29) is 36.8 Å². The van der Waals surface area contributed by atoms with Crippen molar-refractivity contribution < 1.29 is 23.1 Å². The second-order valence-electron chi connectivity index (χ2n) is 7.97. The van der Waals surface area contributed by atoms with E-state index in [1.807, 2.05) is 13.0 Å². The fraction of sp³-hybridized carbons (Fsp3) is 0.500. The molecule has 2 aromatic rings. The molecule has 0 saturated carbocycles. The van der Waals surface area contributed by atoms with E-state index < -0.39 is 0 Å². The third kappa shape index (κ3) is 7.21. The highest BCUT2D eigenvalue weighted by molar-refractivity contribution is 5.84. The molecule has 1 saturated heterocycles. The number of rotatable bonds is 11. The Morgan fingerprint density at radius 3 is 2.55 bits per heavy atom. The predicted molar refractivity (Wildman–Crippen MR) is 114 cm³/mol. The number of carbonyl (C=O) groups excluding carboxylic acids is 2. The fourth-order valence-corrected chi connectivity index (χ4v) is 3.67. The van der Waals surface area contributed by atoms with E-state index in [2.05, 4.69) is 0 Å². The normalized spacial score (nSPS) is 15.7. The van der Waals surface area contributed by atoms with Crippen LogP contribution in [0, 0.1) is 5.82 Å². The van der Waals surface area contributed by atoms with E-state index in [0.29, 0.717) is 31.9 Å². The molecular formula is C24H31FN2O4. The molecule has 2 amide bonds. The van der Waals surface area contributed by atoms with Crippen molar-refractivity contribution in [1.29, 1.82) is 0 Å². The average molecular weight is 431 g/mol. The second-order valence-corrected chi connectivity index (χ2v) is 7.97. The van der Waals surface area contributed by atoms with E-state index in [9.17, 15) is 14.0 Å². The predicted octanol–water partition coefficient (Wildman–Crippen LogP) is 4.15. The van der Waals surface area contributed by atoms with Crippen molar-refractivity contribution in [2.75, 3.05) is 19.7 Å². The van der Waals surface area contributed by atoms with Crippen LogP contribution in [0.1, 0.15) is 50.4 Å². The molecule has 1 aromatic carbocycles. The second kappa shape index (κ2) is 11.6. The van der Waals surface area contributed by atoms with Gasteiger partial charge in [0.15, 0.2) is 0 Å². The molecule has 3 rings (SSSR count). The van der Waals surface area contributed by atoms with Gasteiger partial charge in [-0.15, -0.1) is 0 Å². The highest BCUT2D eigenvalue weighted by Crippen LogP contribution is 2.16. The first kappa shape index (κ1) is 23.0. The monoisotopic (exact) mass is 430 g/mol. The molecule has 6 nitrogen and oxygen atoms in total. The quantitative estimate of drug-likeness (QED) is 0.537. The Morgan fingerprint density at radius 1 is 1.10 bits per heavy atom. The van der Waals surface area contributed by atoms with Crippen molar-refractivity contribution in [3.63, 3.8) is 0 Å². The van der Waals surface area contributed by atoms with Crippen LogP contribution >= 0.6 is 0 Å². The summed E-state index contributed by atoms with van der Waals surface area (Å²) in [6, 6.07) is 9.66. The van der Waals surface area contributed by atoms with Gasteiger partial charge in [0.05, 0.1) is 25.5 Å². The van der Waals surface area contributed by atoms with Crippen LogP contribution in [-0.4, -0.2) is 47.4 Å². The molecule has 0 radical (unpaired) electrons. The fourth-order valence-electron chi connectivity index (χ4n) is 3.67. The van der Waals surface area contributed by atoms with Crippen molar-refractivity contribution in [2.45, 2.75) is 58.2 Å². The van der Waals surface area contributed by atoms with Crippen molar-refractivity contribution >= 4 is 11.8 Å². The summed E-state index contributed by atoms with van der Waals surface area (Å²) in [6.45, 7) is 3.74. The van der Waals surface area contributed by atoms with Gasteiger partial charge in [-0.1, -0.05) is 25.5 Å². The molecule has 168 valence electrons. The first-order valence-electron chi connectivity index (χ1n) is 11.0. The largest absolute Gasteiger partial charge is 0.467 e. The van der Waals surface area contributed by atoms with Crippen molar-refractivity contribution in [3.05, 3.63) is 59.8 Å². The number of benzene rings is 1. The summed E-state index contributed by atoms with van der Waals surface area (Å²) in [4.78, 5) is 29.4. The Bertz CT molecular complexity index is 817. The van der Waals surface area contributed by atoms with Gasteiger partial charge in [0.1, 0.15) is 11.6 Å². The van der Waals surface area contributed by atoms with Gasteiger partial charge in [-0.05, 0) is 49.1 Å². The third-order valence-corrected chi connectivity index (χ3v) is 5.44. The Labute approximate surface area is 183 Å². The first-order valence-corrected chi connectivity index (χ1v) is 11.0. The summed E-state index contributed by atoms with van der Waals surface area (Å²) in [5, 5.41) is 0. The molecule has 2 heterocycles. The van der Waals surface area contributed by atoms with Crippen LogP contribution in [0.25, 0.3) is 0 Å². The number of unbranched alkanes of at least 4 members (excludes halogenated alkanes) is 1. The molecular weight excluding hydrogens is 399 g/mol. The zero-order valence-corrected chi connectivity index (χ0v) is 18.1. The lowest BCUT2D eigenvalue weighted by Crippen LogP contribution is -2.45. The van der Waals surface area contributed by atoms with Crippen LogP contribution in [0.4, 0.5) is 4.39 Å². The number of furan rings is 1. The van der Waals surface area contributed by atoms with E-state index >= 15 is 0 Å². The van der Waals surface area contributed by atoms with E-state index in [4.69, 9.17) is 9.15 Å². The van der Waals surface area contributed by atoms with Gasteiger partial charge in [-0.2, -0.15) is 0 Å². The van der Waals surface area contributed by atoms with Gasteiger partial charge in [0.25, 0.3) is 0 Å². The number of hydrogen-bond acceptors (Lipinski definition) is 4. The molecule has 0 aliphatic carbocycles. The summed E-state index contributed by atoms with van der Waals surface area (Å²) in [7, 11) is 0. The molecule has 1 fully saturated rings. The lowest BCUT2D eigenvalue weighted by molar-refractivity contribution is -0.142. The van der Waals surface area contributed by atoms with Gasteiger partial charge in [-0.3, -0.25) is 9.59 Å². The first-order chi connectivity index (χ1) is 15.0. The Kier molecular flexibility index (Phi) is 8.64. The number of amides is 2. The van der Waals surface area contributed by atoms with Crippen LogP contribution < -0.4 is 0 Å². The summed E-state index contributed by atoms with van der Waals surface area (Å²) >= 11 is 0. The smallest absolute Gasteiger partial charge is 0.242 e. The van der Waals surface area contributed by atoms with Crippen LogP contribution in [-0.2, 0) is 27.4 Å². The van der Waals surface area contributed by atoms with E-state index in [1.54, 1.807) is 34.3 Å². The molecule has 1 aliphatic rings. The number of nitrogens with zero attached hydrogens (tertiary/aromatic N) is 2. The van der Waals surface area contributed by atoms with E-state index in [1.165, 1.54) is 12.1 Å². The third-order valence-electron chi connectivity index (χ3n) is 5.44. The Morgan fingerprint density at radius 2 is 1.90 bits per heavy atom. The zero-order chi connectivity index (χ0) is 22.1. The van der Waals surface area contributed by atoms with Gasteiger partial charge in [-0.25, -0.2) is 4.39 Å². The minimum Gasteiger partial charge on any atom is -0.467 e. The van der Waals surface area contributed by atoms with Crippen LogP contribution in [0.15, 0.2) is 47.1 Å². The van der Waals surface area contributed by atoms with E-state index in [0.717, 1.165) is 31.2 Å². The van der Waals surface area contributed by atoms with Gasteiger partial charge >= 0.3 is 0 Å². The van der Waals surface area contributed by atoms with Crippen LogP contribution in [0.5, 0.6) is 0 Å². The maximum absolute atomic E-state index is 13.3. The van der Waals surface area contributed by atoms with Crippen molar-refractivity contribution in [2.24, 2.45) is 0 Å². The number of halogens is 1. The number of carbonyl (C=O) groups is 2. The maximum atomic E-state index is 13.3. The Balaban J connectivity index is 1.72. The molecule has 0 N–H and O–H groups in total. The zero-order valence-electron chi connectivity index (χ0n) is 18.1. The lowest BCUT2D eigenvalue weighted by atomic mass is 10.1. The van der Waals surface area contributed by atoms with Gasteiger partial charge < -0.3 is 19.0 Å². The SMILES string of the molecule is CCCCC(=O)N(CC(=O)N(Cc1ccc(F)cc1)Cc1ccco1)C[C@@H]1CCCO1. The molecule has 0 spiro atoms. The van der Waals surface area contributed by atoms with Crippen molar-refractivity contribution in [3.8, 4) is 0 Å². The molecule has 31 heavy (non-hydrogen) atoms. The maximum Gasteiger partial charge on any atom is 0.242 e. The van der Waals surface area contributed by atoms with Crippen molar-refractivity contribution in [1.82, 2.24) is 9.80 Å². The number of hydrogen-bond donors (Lipinski definition) is 0. The summed E-state index contributed by atoms with van der Waals surface area (Å²) < 4.78 is 24.4. The summed E-state index contributed by atoms with van der Waals surface area (Å²) in [5.41, 5.74) is 0.810. The lowest BCUT2D eigenvalue weighted by Gasteiger charge is -2.29. The molecule has 0 bridgehead atoms. The Hall–Kier alpha value is -2.67. The van der Waals surface area contributed by atoms with Crippen LogP contribution in [0.2, 0.25) is 0 Å². The van der Waals surface area contributed by atoms with Crippen LogP contribution in [0.3, 0.4) is 0 Å². The summed E-state index contributed by atoms with van der Waals surface area (Å²) in [5.74, 6) is 0.129. The number of ether oxygens (including phenoxy) is 1. The highest BCUT2D eigenvalue weighted by Gasteiger charge is 2.26. The standard InChI is InChI=1S/C24H31FN2O4/c1-2-3-8-23(28)27(17-22-7-5-14-31-22)18-24(29)26(16-21-6-4-13-30-21)15-19-9-11-20(25)12-10-19/h4,6,9-13,22H,2-3,5,7-8,14-18H2,1H3/t22-/m0/s1. The van der Waals surface area contributed by atoms with Gasteiger partial charge in [0.2, 0.25) is 11.8 Å². The molecule has 1 atom stereocenters. The molecule has 0 unspecified atom stereocenters. The van der Waals surface area contributed by atoms with Gasteiger partial charge in [0, 0.05) is 26.1 Å². The minimum atomic E-state index is -0.322. The molecule has 1 aromatic heterocycles. The topological polar surface area (TPSA) is 63.0 Å². The summed E-state index contributed by atoms with van der Waals surface area (Å²) in [6.07, 6.45) is 5.56. The molecule has 1 aliphatic heterocycles. The highest BCUT2D eigenvalue weighted by atomic mass is 19.1.